The van der Waals surface area contributed by atoms with Crippen molar-refractivity contribution in [3.63, 3.8) is 0 Å². The van der Waals surface area contributed by atoms with Crippen LogP contribution in [0.1, 0.15) is 303 Å². The second kappa shape index (κ2) is 63.7. The highest BCUT2D eigenvalue weighted by molar-refractivity contribution is 7.47. The average molecular weight is 1170 g/mol. The lowest BCUT2D eigenvalue weighted by Gasteiger charge is -2.21. The standard InChI is InChI=1S/C70H123O11P/c1-4-7-10-13-16-19-22-25-28-31-33-36-38-41-44-47-50-53-56-59-68(72)77-63-67(81-70(74)61-58-55-52-49-46-43-40-37-34-32-29-26-23-20-17-14-11-8-5-2)65-79-82(75,76)78-64-66(62-71)80-69(73)60-57-54-51-48-45-42-39-35-30-27-24-21-18-15-12-9-6-3/h16-17,19-20,25-30,33-34,36-37,66-67,71H,4-15,18,21-24,31-32,35,38-65H2,1-3H3,(H,75,76)/b19-16-,20-17-,28-25-,29-26-,30-27-,36-33-,37-34-. The van der Waals surface area contributed by atoms with Crippen LogP contribution in [0.25, 0.3) is 0 Å². The van der Waals surface area contributed by atoms with Gasteiger partial charge in [-0.2, -0.15) is 0 Å². The van der Waals surface area contributed by atoms with Crippen molar-refractivity contribution in [3.8, 4) is 0 Å². The zero-order valence-corrected chi connectivity index (χ0v) is 53.6. The summed E-state index contributed by atoms with van der Waals surface area (Å²) in [5.41, 5.74) is 0. The first kappa shape index (κ1) is 78.7. The van der Waals surface area contributed by atoms with Crippen LogP contribution in [0.5, 0.6) is 0 Å². The molecule has 0 saturated heterocycles. The number of carbonyl (C=O) groups is 3. The van der Waals surface area contributed by atoms with E-state index in [0.29, 0.717) is 19.3 Å². The number of aliphatic hydroxyl groups excluding tert-OH is 1. The van der Waals surface area contributed by atoms with Gasteiger partial charge in [-0.3, -0.25) is 23.4 Å². The van der Waals surface area contributed by atoms with Crippen LogP contribution in [0.3, 0.4) is 0 Å². The SMILES string of the molecule is CCCCC/C=C\C/C=C\C/C=C\CCCCCCCCC(=O)OCC(COP(=O)(O)OCC(CO)OC(=O)CCCCCCCCC/C=C\CCCCCCCC)OC(=O)CCCCCCCC/C=C\C/C=C\C/C=C\CCCCC. The molecule has 0 saturated carbocycles. The molecular weight excluding hydrogens is 1050 g/mol. The van der Waals surface area contributed by atoms with Gasteiger partial charge in [0.1, 0.15) is 12.7 Å². The van der Waals surface area contributed by atoms with E-state index in [2.05, 4.69) is 106 Å². The van der Waals surface area contributed by atoms with Crippen LogP contribution in [0.4, 0.5) is 0 Å². The molecule has 0 rings (SSSR count). The molecule has 82 heavy (non-hydrogen) atoms. The highest BCUT2D eigenvalue weighted by atomic mass is 31.2. The fraction of sp³-hybridized carbons (Fsp3) is 0.757. The van der Waals surface area contributed by atoms with Crippen LogP contribution in [-0.4, -0.2) is 66.5 Å². The van der Waals surface area contributed by atoms with Crippen molar-refractivity contribution in [3.05, 3.63) is 85.1 Å². The van der Waals surface area contributed by atoms with Gasteiger partial charge in [0.25, 0.3) is 0 Å². The summed E-state index contributed by atoms with van der Waals surface area (Å²) in [6.45, 7) is 4.59. The summed E-state index contributed by atoms with van der Waals surface area (Å²) < 4.78 is 39.7. The number of hydrogen-bond acceptors (Lipinski definition) is 10. The molecule has 3 atom stereocenters. The maximum Gasteiger partial charge on any atom is 0.472 e. The van der Waals surface area contributed by atoms with Crippen LogP contribution >= 0.6 is 7.82 Å². The summed E-state index contributed by atoms with van der Waals surface area (Å²) in [5.74, 6) is -1.49. The Morgan fingerprint density at radius 2 is 0.598 bits per heavy atom. The molecule has 0 aliphatic carbocycles. The van der Waals surface area contributed by atoms with E-state index in [1.807, 2.05) is 0 Å². The number of allylic oxidation sites excluding steroid dienone is 14. The smallest absolute Gasteiger partial charge is 0.462 e. The molecule has 0 radical (unpaired) electrons. The van der Waals surface area contributed by atoms with Gasteiger partial charge in [0.05, 0.1) is 19.8 Å². The number of carbonyl (C=O) groups excluding carboxylic acids is 3. The van der Waals surface area contributed by atoms with Gasteiger partial charge in [0.2, 0.25) is 0 Å². The van der Waals surface area contributed by atoms with Gasteiger partial charge in [-0.25, -0.2) is 4.57 Å². The summed E-state index contributed by atoms with van der Waals surface area (Å²) in [6.07, 6.45) is 75.2. The summed E-state index contributed by atoms with van der Waals surface area (Å²) in [6, 6.07) is 0. The van der Waals surface area contributed by atoms with Gasteiger partial charge in [0, 0.05) is 19.3 Å². The molecule has 2 N–H and O–H groups in total. The topological polar surface area (TPSA) is 155 Å². The minimum absolute atomic E-state index is 0.147. The molecule has 0 aromatic carbocycles. The number of esters is 3. The van der Waals surface area contributed by atoms with Gasteiger partial charge >= 0.3 is 25.7 Å². The predicted molar refractivity (Wildman–Crippen MR) is 344 cm³/mol. The summed E-state index contributed by atoms with van der Waals surface area (Å²) in [7, 11) is -4.77. The van der Waals surface area contributed by atoms with Crippen LogP contribution in [0.2, 0.25) is 0 Å². The number of unbranched alkanes of at least 4 members (excludes halogenated alkanes) is 31. The largest absolute Gasteiger partial charge is 0.472 e. The summed E-state index contributed by atoms with van der Waals surface area (Å²) >= 11 is 0. The number of phosphoric ester groups is 1. The lowest BCUT2D eigenvalue weighted by molar-refractivity contribution is -0.161. The molecule has 11 nitrogen and oxygen atoms in total. The van der Waals surface area contributed by atoms with E-state index in [1.165, 1.54) is 116 Å². The normalized spacial score (nSPS) is 13.8. The fourth-order valence-corrected chi connectivity index (χ4v) is 9.91. The monoisotopic (exact) mass is 1170 g/mol. The Hall–Kier alpha value is -3.34. The third-order valence-corrected chi connectivity index (χ3v) is 15.2. The van der Waals surface area contributed by atoms with Crippen molar-refractivity contribution < 1.29 is 52.2 Å². The van der Waals surface area contributed by atoms with Crippen molar-refractivity contribution in [1.29, 1.82) is 0 Å². The average Bonchev–Trinajstić information content (AvgIpc) is 3.47. The summed E-state index contributed by atoms with van der Waals surface area (Å²) in [4.78, 5) is 48.8. The molecule has 0 amide bonds. The minimum Gasteiger partial charge on any atom is -0.462 e. The molecular formula is C70H123O11P. The number of ether oxygens (including phenoxy) is 3. The highest BCUT2D eigenvalue weighted by Crippen LogP contribution is 2.43. The lowest BCUT2D eigenvalue weighted by atomic mass is 10.1. The maximum atomic E-state index is 13.0. The van der Waals surface area contributed by atoms with Crippen molar-refractivity contribution in [1.82, 2.24) is 0 Å². The Bertz CT molecular complexity index is 1700. The first-order valence-corrected chi connectivity index (χ1v) is 35.0. The van der Waals surface area contributed by atoms with Gasteiger partial charge in [-0.15, -0.1) is 0 Å². The van der Waals surface area contributed by atoms with E-state index in [-0.39, 0.29) is 25.9 Å². The van der Waals surface area contributed by atoms with E-state index < -0.39 is 57.8 Å². The molecule has 0 aliphatic rings. The van der Waals surface area contributed by atoms with Crippen LogP contribution < -0.4 is 0 Å². The third kappa shape index (κ3) is 61.2. The minimum atomic E-state index is -4.77. The quantitative estimate of drug-likeness (QED) is 0.0197. The van der Waals surface area contributed by atoms with Gasteiger partial charge < -0.3 is 24.2 Å². The molecule has 0 aromatic heterocycles. The maximum absolute atomic E-state index is 13.0. The molecule has 0 aliphatic heterocycles. The van der Waals surface area contributed by atoms with Crippen molar-refractivity contribution in [2.24, 2.45) is 0 Å². The molecule has 0 bridgehead atoms. The van der Waals surface area contributed by atoms with Gasteiger partial charge in [0.15, 0.2) is 6.10 Å². The van der Waals surface area contributed by atoms with Crippen molar-refractivity contribution in [2.75, 3.05) is 26.4 Å². The Labute approximate surface area is 502 Å². The highest BCUT2D eigenvalue weighted by Gasteiger charge is 2.28. The zero-order valence-electron chi connectivity index (χ0n) is 52.7. The van der Waals surface area contributed by atoms with Crippen molar-refractivity contribution in [2.45, 2.75) is 315 Å². The van der Waals surface area contributed by atoms with E-state index in [4.69, 9.17) is 23.3 Å². The molecule has 474 valence electrons. The van der Waals surface area contributed by atoms with Crippen LogP contribution in [-0.2, 0) is 42.2 Å². The van der Waals surface area contributed by atoms with Gasteiger partial charge in [-0.1, -0.05) is 247 Å². The van der Waals surface area contributed by atoms with Gasteiger partial charge in [-0.05, 0) is 122 Å². The second-order valence-electron chi connectivity index (χ2n) is 22.3. The van der Waals surface area contributed by atoms with E-state index in [1.54, 1.807) is 0 Å². The summed E-state index contributed by atoms with van der Waals surface area (Å²) in [5, 5.41) is 9.87. The predicted octanol–water partition coefficient (Wildman–Crippen LogP) is 20.6. The first-order valence-electron chi connectivity index (χ1n) is 33.5. The molecule has 0 spiro atoms. The number of rotatable bonds is 62. The number of aliphatic hydroxyl groups is 1. The van der Waals surface area contributed by atoms with Crippen LogP contribution in [0, 0.1) is 0 Å². The molecule has 3 unspecified atom stereocenters. The Balaban J connectivity index is 4.74. The second-order valence-corrected chi connectivity index (χ2v) is 23.7. The third-order valence-electron chi connectivity index (χ3n) is 14.3. The van der Waals surface area contributed by atoms with Crippen LogP contribution in [0.15, 0.2) is 85.1 Å². The van der Waals surface area contributed by atoms with Crippen molar-refractivity contribution >= 4 is 25.7 Å². The molecule has 0 heterocycles. The Morgan fingerprint density at radius 1 is 0.341 bits per heavy atom. The number of phosphoric acid groups is 1. The Morgan fingerprint density at radius 3 is 0.951 bits per heavy atom. The number of hydrogen-bond donors (Lipinski definition) is 2. The fourth-order valence-electron chi connectivity index (χ4n) is 9.13. The van der Waals surface area contributed by atoms with E-state index >= 15 is 0 Å². The first-order chi connectivity index (χ1) is 40.2. The molecule has 12 heteroatoms. The lowest BCUT2D eigenvalue weighted by Crippen LogP contribution is -2.30. The Kier molecular flexibility index (Phi) is 61.1. The zero-order chi connectivity index (χ0) is 59.8. The van der Waals surface area contributed by atoms with E-state index in [0.717, 1.165) is 128 Å². The van der Waals surface area contributed by atoms with E-state index in [9.17, 15) is 28.9 Å². The molecule has 0 aromatic rings. The molecule has 0 fully saturated rings.